The van der Waals surface area contributed by atoms with Gasteiger partial charge in [-0.2, -0.15) is 11.8 Å². The maximum Gasteiger partial charge on any atom is 0.226 e. The first-order valence-corrected chi connectivity index (χ1v) is 9.27. The molecular weight excluding hydrogens is 368 g/mol. The number of thioether (sulfide) groups is 1. The molecule has 21 heavy (non-hydrogen) atoms. The Morgan fingerprint density at radius 2 is 1.95 bits per heavy atom. The quantitative estimate of drug-likeness (QED) is 0.807. The number of rotatable bonds is 4. The minimum atomic E-state index is -0.135. The van der Waals surface area contributed by atoms with Gasteiger partial charge in [-0.3, -0.25) is 4.79 Å². The van der Waals surface area contributed by atoms with E-state index in [-0.39, 0.29) is 10.7 Å². The van der Waals surface area contributed by atoms with Gasteiger partial charge in [-0.25, -0.2) is 0 Å². The van der Waals surface area contributed by atoms with Crippen molar-refractivity contribution < 1.29 is 4.79 Å². The number of halogens is 1. The Morgan fingerprint density at radius 3 is 2.43 bits per heavy atom. The number of nitrogens with two attached hydrogens (primary N) is 1. The molecule has 2 N–H and O–H groups in total. The fourth-order valence-electron chi connectivity index (χ4n) is 2.56. The van der Waals surface area contributed by atoms with Crippen molar-refractivity contribution in [2.45, 2.75) is 24.0 Å². The number of carbonyl (C=O) groups is 1. The summed E-state index contributed by atoms with van der Waals surface area (Å²) in [6, 6.07) is 7.88. The average molecular weight is 387 g/mol. The molecule has 3 nitrogen and oxygen atoms in total. The summed E-state index contributed by atoms with van der Waals surface area (Å²) in [5.41, 5.74) is 6.92. The van der Waals surface area contributed by atoms with Gasteiger partial charge in [0.25, 0.3) is 0 Å². The molecule has 1 saturated heterocycles. The van der Waals surface area contributed by atoms with Gasteiger partial charge in [-0.05, 0) is 36.8 Å². The van der Waals surface area contributed by atoms with E-state index in [1.807, 2.05) is 35.4 Å². The Hall–Kier alpha value is -0.590. The zero-order valence-electron chi connectivity index (χ0n) is 12.0. The number of carbonyl (C=O) groups excluding carboxylic acids is 1. The molecule has 0 atom stereocenters. The number of nitrogens with zero attached hydrogens (tertiary/aromatic N) is 1. The van der Waals surface area contributed by atoms with Crippen molar-refractivity contribution in [2.75, 3.05) is 19.3 Å². The molecule has 114 valence electrons. The first-order valence-electron chi connectivity index (χ1n) is 6.84. The van der Waals surface area contributed by atoms with E-state index < -0.39 is 0 Å². The van der Waals surface area contributed by atoms with Crippen LogP contribution in [0.4, 0.5) is 0 Å². The molecule has 0 aromatic heterocycles. The molecule has 0 aliphatic carbocycles. The smallest absolute Gasteiger partial charge is 0.226 e. The molecule has 0 saturated carbocycles. The zero-order chi connectivity index (χ0) is 15.5. The Bertz CT molecular complexity index is 525. The number of hydrogen-bond donors (Lipinski definition) is 1. The van der Waals surface area contributed by atoms with Crippen LogP contribution in [0.2, 0.25) is 0 Å². The molecule has 0 unspecified atom stereocenters. The Balaban J connectivity index is 1.94. The monoisotopic (exact) mass is 386 g/mol. The fourth-order valence-corrected chi connectivity index (χ4v) is 4.07. The molecular formula is C15H19BrN2OS2. The van der Waals surface area contributed by atoms with Gasteiger partial charge in [0, 0.05) is 17.6 Å². The third-order valence-corrected chi connectivity index (χ3v) is 6.49. The molecule has 1 heterocycles. The van der Waals surface area contributed by atoms with Gasteiger partial charge in [0.05, 0.1) is 16.2 Å². The lowest BCUT2D eigenvalue weighted by atomic mass is 9.95. The predicted octanol–water partition coefficient (Wildman–Crippen LogP) is 3.00. The van der Waals surface area contributed by atoms with Gasteiger partial charge in [-0.15, -0.1) is 0 Å². The van der Waals surface area contributed by atoms with Gasteiger partial charge in [0.2, 0.25) is 5.91 Å². The first kappa shape index (κ1) is 16.8. The number of piperidine rings is 1. The second-order valence-electron chi connectivity index (χ2n) is 5.25. The predicted molar refractivity (Wildman–Crippen MR) is 96.7 cm³/mol. The molecule has 2 rings (SSSR count). The van der Waals surface area contributed by atoms with Gasteiger partial charge in [0.15, 0.2) is 0 Å². The molecule has 0 bridgehead atoms. The van der Waals surface area contributed by atoms with Gasteiger partial charge < -0.3 is 10.6 Å². The van der Waals surface area contributed by atoms with Crippen LogP contribution in [0.25, 0.3) is 0 Å². The summed E-state index contributed by atoms with van der Waals surface area (Å²) >= 11 is 10.3. The summed E-state index contributed by atoms with van der Waals surface area (Å²) in [6.07, 6.45) is 4.18. The van der Waals surface area contributed by atoms with Crippen molar-refractivity contribution in [3.63, 3.8) is 0 Å². The third-order valence-electron chi connectivity index (χ3n) is 4.03. The zero-order valence-corrected chi connectivity index (χ0v) is 15.2. The highest BCUT2D eigenvalue weighted by Gasteiger charge is 2.37. The Morgan fingerprint density at radius 1 is 1.38 bits per heavy atom. The molecule has 0 radical (unpaired) electrons. The van der Waals surface area contributed by atoms with Crippen LogP contribution in [0.1, 0.15) is 18.4 Å². The summed E-state index contributed by atoms with van der Waals surface area (Å²) < 4.78 is 0.891. The van der Waals surface area contributed by atoms with E-state index in [9.17, 15) is 4.79 Å². The van der Waals surface area contributed by atoms with Crippen molar-refractivity contribution >= 4 is 50.8 Å². The van der Waals surface area contributed by atoms with E-state index in [2.05, 4.69) is 15.9 Å². The van der Waals surface area contributed by atoms with E-state index in [1.54, 1.807) is 11.8 Å². The Labute approximate surface area is 143 Å². The van der Waals surface area contributed by atoms with E-state index in [1.165, 1.54) is 0 Å². The van der Waals surface area contributed by atoms with E-state index in [0.717, 1.165) is 36.0 Å². The summed E-state index contributed by atoms with van der Waals surface area (Å²) in [5.74, 6) is 0.176. The fraction of sp³-hybridized carbons (Fsp3) is 0.467. The van der Waals surface area contributed by atoms with Gasteiger partial charge in [-0.1, -0.05) is 40.3 Å². The lowest BCUT2D eigenvalue weighted by Gasteiger charge is -2.40. The van der Waals surface area contributed by atoms with Crippen LogP contribution in [-0.2, 0) is 11.2 Å². The standard InChI is InChI=1S/C15H19BrN2OS2/c1-21-15(14(17)20)6-8-18(9-7-15)13(19)10-11-2-4-12(16)5-3-11/h2-5H,6-10H2,1H3,(H2,17,20). The maximum atomic E-state index is 12.4. The van der Waals surface area contributed by atoms with Crippen LogP contribution in [0.15, 0.2) is 28.7 Å². The van der Waals surface area contributed by atoms with Crippen LogP contribution < -0.4 is 5.73 Å². The number of amides is 1. The summed E-state index contributed by atoms with van der Waals surface area (Å²) in [4.78, 5) is 14.9. The number of hydrogen-bond acceptors (Lipinski definition) is 3. The van der Waals surface area contributed by atoms with Gasteiger partial charge in [0.1, 0.15) is 0 Å². The number of benzene rings is 1. The van der Waals surface area contributed by atoms with Crippen molar-refractivity contribution in [1.82, 2.24) is 4.90 Å². The SMILES string of the molecule is CSC1(C(N)=S)CCN(C(=O)Cc2ccc(Br)cc2)CC1. The minimum Gasteiger partial charge on any atom is -0.392 e. The van der Waals surface area contributed by atoms with Crippen molar-refractivity contribution in [3.8, 4) is 0 Å². The normalized spacial score (nSPS) is 17.5. The van der Waals surface area contributed by atoms with E-state index in [0.29, 0.717) is 11.4 Å². The first-order chi connectivity index (χ1) is 9.97. The molecule has 1 aromatic rings. The van der Waals surface area contributed by atoms with Crippen LogP contribution in [-0.4, -0.2) is 39.9 Å². The summed E-state index contributed by atoms with van der Waals surface area (Å²) in [5, 5.41) is 0. The average Bonchev–Trinajstić information content (AvgIpc) is 2.49. The largest absolute Gasteiger partial charge is 0.392 e. The van der Waals surface area contributed by atoms with E-state index >= 15 is 0 Å². The van der Waals surface area contributed by atoms with Gasteiger partial charge >= 0.3 is 0 Å². The highest BCUT2D eigenvalue weighted by molar-refractivity contribution is 9.10. The van der Waals surface area contributed by atoms with Crippen LogP contribution in [0.3, 0.4) is 0 Å². The van der Waals surface area contributed by atoms with Crippen molar-refractivity contribution in [1.29, 1.82) is 0 Å². The molecule has 1 aliphatic rings. The number of likely N-dealkylation sites (tertiary alicyclic amines) is 1. The Kier molecular flexibility index (Phi) is 5.68. The molecule has 1 amide bonds. The van der Waals surface area contributed by atoms with E-state index in [4.69, 9.17) is 18.0 Å². The molecule has 1 fully saturated rings. The van der Waals surface area contributed by atoms with Crippen LogP contribution in [0.5, 0.6) is 0 Å². The molecule has 0 spiro atoms. The van der Waals surface area contributed by atoms with Crippen molar-refractivity contribution in [3.05, 3.63) is 34.3 Å². The molecule has 6 heteroatoms. The molecule has 1 aliphatic heterocycles. The maximum absolute atomic E-state index is 12.4. The van der Waals surface area contributed by atoms with Crippen LogP contribution in [0, 0.1) is 0 Å². The second kappa shape index (κ2) is 7.11. The lowest BCUT2D eigenvalue weighted by molar-refractivity contribution is -0.131. The third kappa shape index (κ3) is 3.99. The highest BCUT2D eigenvalue weighted by atomic mass is 79.9. The van der Waals surface area contributed by atoms with Crippen LogP contribution >= 0.6 is 39.9 Å². The van der Waals surface area contributed by atoms with Crippen molar-refractivity contribution in [2.24, 2.45) is 5.73 Å². The summed E-state index contributed by atoms with van der Waals surface area (Å²) in [6.45, 7) is 1.46. The summed E-state index contributed by atoms with van der Waals surface area (Å²) in [7, 11) is 0. The second-order valence-corrected chi connectivity index (χ2v) is 7.79. The highest BCUT2D eigenvalue weighted by Crippen LogP contribution is 2.35. The topological polar surface area (TPSA) is 46.3 Å². The minimum absolute atomic E-state index is 0.135. The lowest BCUT2D eigenvalue weighted by Crippen LogP contribution is -2.51. The number of thiocarbonyl (C=S) groups is 1. The molecule has 1 aromatic carbocycles.